The molecule has 0 aromatic carbocycles. The Balaban J connectivity index is 2.22. The van der Waals surface area contributed by atoms with Crippen LogP contribution in [0.15, 0.2) is 0 Å². The molecule has 20 heavy (non-hydrogen) atoms. The molecule has 0 radical (unpaired) electrons. The summed E-state index contributed by atoms with van der Waals surface area (Å²) in [7, 11) is 0. The van der Waals surface area contributed by atoms with Crippen molar-refractivity contribution >= 4 is 17.8 Å². The van der Waals surface area contributed by atoms with Crippen LogP contribution < -0.4 is 0 Å². The van der Waals surface area contributed by atoms with E-state index in [-0.39, 0.29) is 18.2 Å². The number of rotatable bonds is 3. The monoisotopic (exact) mass is 281 g/mol. The van der Waals surface area contributed by atoms with Crippen LogP contribution in [0.2, 0.25) is 0 Å². The van der Waals surface area contributed by atoms with Crippen LogP contribution in [0, 0.1) is 11.3 Å². The Hall–Kier alpha value is -1.39. The van der Waals surface area contributed by atoms with Gasteiger partial charge in [0.1, 0.15) is 0 Å². The van der Waals surface area contributed by atoms with Gasteiger partial charge in [-0.05, 0) is 26.7 Å². The van der Waals surface area contributed by atoms with Crippen molar-refractivity contribution < 1.29 is 19.5 Å². The van der Waals surface area contributed by atoms with Crippen LogP contribution in [-0.2, 0) is 14.4 Å². The number of carbonyl (C=O) groups excluding carboxylic acids is 2. The Morgan fingerprint density at radius 1 is 1.15 bits per heavy atom. The van der Waals surface area contributed by atoms with Gasteiger partial charge in [0, 0.05) is 12.5 Å². The smallest absolute Gasteiger partial charge is 0.308 e. The molecule has 2 unspecified atom stereocenters. The number of hydrogen-bond donors (Lipinski definition) is 1. The quantitative estimate of drug-likeness (QED) is 0.805. The molecule has 1 aliphatic carbocycles. The van der Waals surface area contributed by atoms with E-state index in [4.69, 9.17) is 5.11 Å². The molecule has 5 heteroatoms. The lowest BCUT2D eigenvalue weighted by molar-refractivity contribution is -0.149. The first kappa shape index (κ1) is 15.0. The van der Waals surface area contributed by atoms with E-state index in [1.54, 1.807) is 13.8 Å². The lowest BCUT2D eigenvalue weighted by Crippen LogP contribution is -2.46. The predicted molar refractivity (Wildman–Crippen MR) is 72.9 cm³/mol. The summed E-state index contributed by atoms with van der Waals surface area (Å²) >= 11 is 0. The summed E-state index contributed by atoms with van der Waals surface area (Å²) in [4.78, 5) is 37.3. The first-order chi connectivity index (χ1) is 9.39. The minimum absolute atomic E-state index is 0.134. The van der Waals surface area contributed by atoms with E-state index in [2.05, 4.69) is 0 Å². The molecule has 1 saturated carbocycles. The molecule has 0 bridgehead atoms. The SMILES string of the molecule is CC(C(=O)O)C(C)N1C(=O)CC2(CCCCCC2)C1=O. The minimum Gasteiger partial charge on any atom is -0.481 e. The third kappa shape index (κ3) is 2.45. The zero-order chi connectivity index (χ0) is 14.9. The zero-order valence-electron chi connectivity index (χ0n) is 12.2. The average molecular weight is 281 g/mol. The molecule has 2 fully saturated rings. The van der Waals surface area contributed by atoms with Crippen molar-refractivity contribution in [3.8, 4) is 0 Å². The van der Waals surface area contributed by atoms with Gasteiger partial charge < -0.3 is 5.11 Å². The molecule has 2 amide bonds. The van der Waals surface area contributed by atoms with Gasteiger partial charge in [-0.15, -0.1) is 0 Å². The van der Waals surface area contributed by atoms with E-state index < -0.39 is 23.3 Å². The summed E-state index contributed by atoms with van der Waals surface area (Å²) in [6, 6.07) is -0.574. The maximum Gasteiger partial charge on any atom is 0.308 e. The van der Waals surface area contributed by atoms with E-state index in [1.165, 1.54) is 4.90 Å². The molecular weight excluding hydrogens is 258 g/mol. The number of likely N-dealkylation sites (tertiary alicyclic amines) is 1. The molecular formula is C15H23NO4. The number of hydrogen-bond acceptors (Lipinski definition) is 3. The lowest BCUT2D eigenvalue weighted by Gasteiger charge is -2.29. The highest BCUT2D eigenvalue weighted by molar-refractivity contribution is 6.06. The number of amides is 2. The molecule has 0 aromatic heterocycles. The fraction of sp³-hybridized carbons (Fsp3) is 0.800. The van der Waals surface area contributed by atoms with Crippen molar-refractivity contribution in [2.24, 2.45) is 11.3 Å². The van der Waals surface area contributed by atoms with Crippen LogP contribution in [0.4, 0.5) is 0 Å². The van der Waals surface area contributed by atoms with E-state index in [0.29, 0.717) is 0 Å². The van der Waals surface area contributed by atoms with Gasteiger partial charge in [0.15, 0.2) is 0 Å². The van der Waals surface area contributed by atoms with Crippen LogP contribution >= 0.6 is 0 Å². The van der Waals surface area contributed by atoms with Crippen LogP contribution in [0.25, 0.3) is 0 Å². The first-order valence-electron chi connectivity index (χ1n) is 7.48. The summed E-state index contributed by atoms with van der Waals surface area (Å²) in [5, 5.41) is 9.08. The number of carboxylic acids is 1. The largest absolute Gasteiger partial charge is 0.481 e. The molecule has 2 rings (SSSR count). The van der Waals surface area contributed by atoms with Gasteiger partial charge in [-0.3, -0.25) is 19.3 Å². The topological polar surface area (TPSA) is 74.7 Å². The van der Waals surface area contributed by atoms with Crippen molar-refractivity contribution in [1.82, 2.24) is 4.90 Å². The normalized spacial score (nSPS) is 25.6. The van der Waals surface area contributed by atoms with Gasteiger partial charge in [-0.1, -0.05) is 25.7 Å². The Morgan fingerprint density at radius 3 is 2.20 bits per heavy atom. The lowest BCUT2D eigenvalue weighted by atomic mass is 9.79. The van der Waals surface area contributed by atoms with Gasteiger partial charge in [-0.2, -0.15) is 0 Å². The van der Waals surface area contributed by atoms with E-state index in [0.717, 1.165) is 38.5 Å². The highest BCUT2D eigenvalue weighted by Gasteiger charge is 2.53. The molecule has 112 valence electrons. The molecule has 1 saturated heterocycles. The first-order valence-corrected chi connectivity index (χ1v) is 7.48. The standard InChI is InChI=1S/C15H23NO4/c1-10(13(18)19)11(2)16-12(17)9-15(14(16)20)7-5-3-4-6-8-15/h10-11H,3-9H2,1-2H3,(H,18,19). The molecule has 5 nitrogen and oxygen atoms in total. The maximum absolute atomic E-state index is 12.7. The van der Waals surface area contributed by atoms with E-state index in [1.807, 2.05) is 0 Å². The summed E-state index contributed by atoms with van der Waals surface area (Å²) in [5.41, 5.74) is -0.542. The predicted octanol–water partition coefficient (Wildman–Crippen LogP) is 2.20. The molecule has 1 spiro atoms. The Bertz CT molecular complexity index is 424. The Kier molecular flexibility index (Phi) is 4.16. The van der Waals surface area contributed by atoms with Gasteiger partial charge in [-0.25, -0.2) is 0 Å². The summed E-state index contributed by atoms with van der Waals surface area (Å²) in [5.74, 6) is -2.04. The van der Waals surface area contributed by atoms with Crippen LogP contribution in [-0.4, -0.2) is 33.8 Å². The van der Waals surface area contributed by atoms with Gasteiger partial charge in [0.2, 0.25) is 11.8 Å². The van der Waals surface area contributed by atoms with Gasteiger partial charge in [0.05, 0.1) is 11.3 Å². The van der Waals surface area contributed by atoms with Crippen LogP contribution in [0.5, 0.6) is 0 Å². The van der Waals surface area contributed by atoms with Gasteiger partial charge >= 0.3 is 5.97 Å². The van der Waals surface area contributed by atoms with Crippen molar-refractivity contribution in [2.45, 2.75) is 64.8 Å². The van der Waals surface area contributed by atoms with Crippen LogP contribution in [0.1, 0.15) is 58.8 Å². The molecule has 2 aliphatic rings. The molecule has 1 aliphatic heterocycles. The molecule has 1 N–H and O–H groups in total. The Morgan fingerprint density at radius 2 is 1.70 bits per heavy atom. The number of aliphatic carboxylic acids is 1. The van der Waals surface area contributed by atoms with E-state index in [9.17, 15) is 14.4 Å². The highest BCUT2D eigenvalue weighted by atomic mass is 16.4. The summed E-state index contributed by atoms with van der Waals surface area (Å²) < 4.78 is 0. The third-order valence-corrected chi connectivity index (χ3v) is 5.01. The molecule has 1 heterocycles. The van der Waals surface area contributed by atoms with Gasteiger partial charge in [0.25, 0.3) is 0 Å². The van der Waals surface area contributed by atoms with Crippen LogP contribution in [0.3, 0.4) is 0 Å². The van der Waals surface area contributed by atoms with Crippen molar-refractivity contribution in [3.63, 3.8) is 0 Å². The van der Waals surface area contributed by atoms with E-state index >= 15 is 0 Å². The minimum atomic E-state index is -0.972. The molecule has 0 aromatic rings. The summed E-state index contributed by atoms with van der Waals surface area (Å²) in [6.07, 6.45) is 5.99. The van der Waals surface area contributed by atoms with Crippen molar-refractivity contribution in [1.29, 1.82) is 0 Å². The molecule has 2 atom stereocenters. The number of imide groups is 1. The Labute approximate surface area is 119 Å². The second-order valence-corrected chi connectivity index (χ2v) is 6.31. The second kappa shape index (κ2) is 5.54. The third-order valence-electron chi connectivity index (χ3n) is 5.01. The highest BCUT2D eigenvalue weighted by Crippen LogP contribution is 2.45. The maximum atomic E-state index is 12.7. The number of carbonyl (C=O) groups is 3. The number of carboxylic acid groups (broad SMARTS) is 1. The second-order valence-electron chi connectivity index (χ2n) is 6.31. The summed E-state index contributed by atoms with van der Waals surface area (Å²) in [6.45, 7) is 3.20. The number of nitrogens with zero attached hydrogens (tertiary/aromatic N) is 1. The fourth-order valence-electron chi connectivity index (χ4n) is 3.46. The average Bonchev–Trinajstić information content (AvgIpc) is 2.58. The fourth-order valence-corrected chi connectivity index (χ4v) is 3.46. The van der Waals surface area contributed by atoms with Crippen molar-refractivity contribution in [2.75, 3.05) is 0 Å². The zero-order valence-corrected chi connectivity index (χ0v) is 12.2. The van der Waals surface area contributed by atoms with Crippen molar-refractivity contribution in [3.05, 3.63) is 0 Å².